The van der Waals surface area contributed by atoms with Crippen LogP contribution in [0.3, 0.4) is 0 Å². The van der Waals surface area contributed by atoms with E-state index in [2.05, 4.69) is 5.32 Å². The Morgan fingerprint density at radius 1 is 1.20 bits per heavy atom. The molecule has 20 heavy (non-hydrogen) atoms. The third-order valence-corrected chi connectivity index (χ3v) is 4.60. The van der Waals surface area contributed by atoms with Crippen molar-refractivity contribution in [2.24, 2.45) is 17.8 Å². The van der Waals surface area contributed by atoms with E-state index in [1.165, 1.54) is 19.3 Å². The molecule has 1 N–H and O–H groups in total. The molecule has 2 aliphatic rings. The standard InChI is InChI=1S/C16H28N2O2/c1-5-18(10-14(19)17-16(2,3)4)15(20)13-9-11-6-7-12(13)8-11/h11-13H,5-10H2,1-4H3,(H,17,19). The topological polar surface area (TPSA) is 49.4 Å². The van der Waals surface area contributed by atoms with Crippen molar-refractivity contribution in [2.75, 3.05) is 13.1 Å². The van der Waals surface area contributed by atoms with Gasteiger partial charge in [-0.1, -0.05) is 6.42 Å². The summed E-state index contributed by atoms with van der Waals surface area (Å²) >= 11 is 0. The van der Waals surface area contributed by atoms with Gasteiger partial charge in [-0.05, 0) is 58.8 Å². The van der Waals surface area contributed by atoms with E-state index in [9.17, 15) is 9.59 Å². The summed E-state index contributed by atoms with van der Waals surface area (Å²) < 4.78 is 0. The monoisotopic (exact) mass is 280 g/mol. The molecule has 0 aromatic carbocycles. The highest BCUT2D eigenvalue weighted by Gasteiger charge is 2.44. The number of likely N-dealkylation sites (N-methyl/N-ethyl adjacent to an activating group) is 1. The zero-order valence-electron chi connectivity index (χ0n) is 13.2. The molecule has 3 atom stereocenters. The van der Waals surface area contributed by atoms with Gasteiger partial charge in [-0.2, -0.15) is 0 Å². The summed E-state index contributed by atoms with van der Waals surface area (Å²) in [6.45, 7) is 8.64. The maximum atomic E-state index is 12.6. The van der Waals surface area contributed by atoms with Crippen LogP contribution in [-0.4, -0.2) is 35.3 Å². The van der Waals surface area contributed by atoms with Gasteiger partial charge < -0.3 is 10.2 Å². The van der Waals surface area contributed by atoms with E-state index in [-0.39, 0.29) is 29.8 Å². The number of nitrogens with zero attached hydrogens (tertiary/aromatic N) is 1. The SMILES string of the molecule is CCN(CC(=O)NC(C)(C)C)C(=O)C1CC2CCC1C2. The fraction of sp³-hybridized carbons (Fsp3) is 0.875. The molecule has 0 saturated heterocycles. The van der Waals surface area contributed by atoms with Crippen molar-refractivity contribution in [3.63, 3.8) is 0 Å². The van der Waals surface area contributed by atoms with Gasteiger partial charge in [-0.15, -0.1) is 0 Å². The van der Waals surface area contributed by atoms with Gasteiger partial charge in [0.05, 0.1) is 6.54 Å². The maximum absolute atomic E-state index is 12.6. The van der Waals surface area contributed by atoms with Gasteiger partial charge in [0.25, 0.3) is 0 Å². The summed E-state index contributed by atoms with van der Waals surface area (Å²) in [5.41, 5.74) is -0.244. The molecule has 0 aromatic heterocycles. The van der Waals surface area contributed by atoms with Crippen LogP contribution in [0.25, 0.3) is 0 Å². The Bertz CT molecular complexity index is 386. The van der Waals surface area contributed by atoms with Crippen molar-refractivity contribution in [3.8, 4) is 0 Å². The van der Waals surface area contributed by atoms with Gasteiger partial charge in [-0.3, -0.25) is 9.59 Å². The van der Waals surface area contributed by atoms with Gasteiger partial charge in [0, 0.05) is 18.0 Å². The molecule has 2 aliphatic carbocycles. The lowest BCUT2D eigenvalue weighted by Crippen LogP contribution is -2.48. The molecule has 2 bridgehead atoms. The molecule has 0 aliphatic heterocycles. The quantitative estimate of drug-likeness (QED) is 0.858. The van der Waals surface area contributed by atoms with E-state index < -0.39 is 0 Å². The van der Waals surface area contributed by atoms with Gasteiger partial charge >= 0.3 is 0 Å². The number of fused-ring (bicyclic) bond motifs is 2. The molecule has 4 nitrogen and oxygen atoms in total. The average Bonchev–Trinajstić information content (AvgIpc) is 2.94. The molecular formula is C16H28N2O2. The van der Waals surface area contributed by atoms with Gasteiger partial charge in [0.1, 0.15) is 0 Å². The van der Waals surface area contributed by atoms with Gasteiger partial charge in [0.2, 0.25) is 11.8 Å². The molecule has 0 radical (unpaired) electrons. The number of hydrogen-bond donors (Lipinski definition) is 1. The van der Waals surface area contributed by atoms with Crippen LogP contribution in [0.15, 0.2) is 0 Å². The van der Waals surface area contributed by atoms with Crippen LogP contribution in [-0.2, 0) is 9.59 Å². The Hall–Kier alpha value is -1.06. The smallest absolute Gasteiger partial charge is 0.240 e. The van der Waals surface area contributed by atoms with E-state index >= 15 is 0 Å². The van der Waals surface area contributed by atoms with Crippen molar-refractivity contribution in [2.45, 2.75) is 58.9 Å². The summed E-state index contributed by atoms with van der Waals surface area (Å²) in [6.07, 6.45) is 4.76. The predicted octanol–water partition coefficient (Wildman–Crippen LogP) is 2.19. The Morgan fingerprint density at radius 3 is 2.35 bits per heavy atom. The molecule has 0 aromatic rings. The Balaban J connectivity index is 1.91. The second kappa shape index (κ2) is 5.74. The fourth-order valence-electron chi connectivity index (χ4n) is 3.76. The molecule has 4 heteroatoms. The summed E-state index contributed by atoms with van der Waals surface area (Å²) in [6, 6.07) is 0. The minimum absolute atomic E-state index is 0.0594. The highest BCUT2D eigenvalue weighted by Crippen LogP contribution is 2.48. The van der Waals surface area contributed by atoms with Crippen LogP contribution >= 0.6 is 0 Å². The molecule has 2 saturated carbocycles. The van der Waals surface area contributed by atoms with E-state index in [1.807, 2.05) is 27.7 Å². The predicted molar refractivity (Wildman–Crippen MR) is 79.1 cm³/mol. The lowest BCUT2D eigenvalue weighted by Gasteiger charge is -2.29. The van der Waals surface area contributed by atoms with E-state index in [1.54, 1.807) is 4.90 Å². The van der Waals surface area contributed by atoms with Crippen molar-refractivity contribution in [1.82, 2.24) is 10.2 Å². The number of rotatable bonds is 4. The third kappa shape index (κ3) is 3.53. The molecule has 2 amide bonds. The Morgan fingerprint density at radius 2 is 1.90 bits per heavy atom. The van der Waals surface area contributed by atoms with E-state index in [0.717, 1.165) is 12.3 Å². The van der Waals surface area contributed by atoms with Crippen molar-refractivity contribution < 1.29 is 9.59 Å². The summed E-state index contributed by atoms with van der Waals surface area (Å²) in [7, 11) is 0. The Labute approximate surface area is 122 Å². The lowest BCUT2D eigenvalue weighted by molar-refractivity contribution is -0.141. The van der Waals surface area contributed by atoms with Crippen LogP contribution in [0.1, 0.15) is 53.4 Å². The average molecular weight is 280 g/mol. The van der Waals surface area contributed by atoms with Crippen LogP contribution < -0.4 is 5.32 Å². The summed E-state index contributed by atoms with van der Waals surface area (Å²) in [5.74, 6) is 1.65. The molecule has 3 unspecified atom stereocenters. The summed E-state index contributed by atoms with van der Waals surface area (Å²) in [4.78, 5) is 26.3. The minimum Gasteiger partial charge on any atom is -0.350 e. The van der Waals surface area contributed by atoms with Crippen LogP contribution in [0.5, 0.6) is 0 Å². The third-order valence-electron chi connectivity index (χ3n) is 4.60. The highest BCUT2D eigenvalue weighted by atomic mass is 16.2. The highest BCUT2D eigenvalue weighted by molar-refractivity contribution is 5.86. The fourth-order valence-corrected chi connectivity index (χ4v) is 3.76. The first kappa shape index (κ1) is 15.3. The number of carbonyl (C=O) groups excluding carboxylic acids is 2. The molecule has 114 valence electrons. The molecule has 2 fully saturated rings. The first-order chi connectivity index (χ1) is 9.30. The van der Waals surface area contributed by atoms with Crippen molar-refractivity contribution in [3.05, 3.63) is 0 Å². The zero-order chi connectivity index (χ0) is 14.9. The van der Waals surface area contributed by atoms with Crippen molar-refractivity contribution >= 4 is 11.8 Å². The second-order valence-corrected chi connectivity index (χ2v) is 7.43. The first-order valence-electron chi connectivity index (χ1n) is 7.90. The largest absolute Gasteiger partial charge is 0.350 e. The Kier molecular flexibility index (Phi) is 4.40. The molecule has 0 heterocycles. The number of amides is 2. The molecule has 0 spiro atoms. The lowest BCUT2D eigenvalue weighted by atomic mass is 9.87. The van der Waals surface area contributed by atoms with E-state index in [0.29, 0.717) is 12.5 Å². The molecular weight excluding hydrogens is 252 g/mol. The molecule has 2 rings (SSSR count). The zero-order valence-corrected chi connectivity index (χ0v) is 13.2. The van der Waals surface area contributed by atoms with Crippen molar-refractivity contribution in [1.29, 1.82) is 0 Å². The minimum atomic E-state index is -0.244. The van der Waals surface area contributed by atoms with Crippen LogP contribution in [0.4, 0.5) is 0 Å². The maximum Gasteiger partial charge on any atom is 0.240 e. The van der Waals surface area contributed by atoms with Crippen LogP contribution in [0.2, 0.25) is 0 Å². The van der Waals surface area contributed by atoms with Gasteiger partial charge in [0.15, 0.2) is 0 Å². The number of hydrogen-bond acceptors (Lipinski definition) is 2. The first-order valence-corrected chi connectivity index (χ1v) is 7.90. The van der Waals surface area contributed by atoms with Gasteiger partial charge in [-0.25, -0.2) is 0 Å². The normalized spacial score (nSPS) is 28.5. The van der Waals surface area contributed by atoms with Crippen LogP contribution in [0, 0.1) is 17.8 Å². The summed E-state index contributed by atoms with van der Waals surface area (Å²) in [5, 5.41) is 2.93. The number of carbonyl (C=O) groups is 2. The number of nitrogens with one attached hydrogen (secondary N) is 1. The second-order valence-electron chi connectivity index (χ2n) is 7.43. The van der Waals surface area contributed by atoms with E-state index in [4.69, 9.17) is 0 Å².